The molecule has 1 saturated heterocycles. The zero-order chi connectivity index (χ0) is 15.5. The summed E-state index contributed by atoms with van der Waals surface area (Å²) in [5, 5.41) is 3.35. The molecule has 1 aliphatic rings. The first kappa shape index (κ1) is 20.7. The third-order valence-corrected chi connectivity index (χ3v) is 4.20. The van der Waals surface area contributed by atoms with Gasteiger partial charge in [-0.15, -0.1) is 24.8 Å². The van der Waals surface area contributed by atoms with Crippen molar-refractivity contribution < 1.29 is 9.21 Å². The number of nitrogens with one attached hydrogen (secondary N) is 1. The second-order valence-electron chi connectivity index (χ2n) is 5.93. The number of aromatic nitrogens is 1. The Hall–Kier alpha value is -1.30. The van der Waals surface area contributed by atoms with E-state index in [9.17, 15) is 4.79 Å². The van der Waals surface area contributed by atoms with E-state index in [0.29, 0.717) is 17.4 Å². The molecule has 2 aromatic rings. The highest BCUT2D eigenvalue weighted by atomic mass is 35.5. The average Bonchev–Trinajstić information content (AvgIpc) is 2.96. The molecule has 0 unspecified atom stereocenters. The summed E-state index contributed by atoms with van der Waals surface area (Å²) in [5.41, 5.74) is 2.36. The van der Waals surface area contributed by atoms with Crippen molar-refractivity contribution in [3.8, 4) is 0 Å². The first-order chi connectivity index (χ1) is 10.7. The van der Waals surface area contributed by atoms with Gasteiger partial charge in [0.1, 0.15) is 5.52 Å². The molecule has 7 heteroatoms. The number of halogens is 2. The highest BCUT2D eigenvalue weighted by molar-refractivity contribution is 5.95. The van der Waals surface area contributed by atoms with Crippen LogP contribution in [-0.2, 0) is 0 Å². The van der Waals surface area contributed by atoms with Crippen LogP contribution in [0.3, 0.4) is 0 Å². The van der Waals surface area contributed by atoms with Crippen molar-refractivity contribution in [2.75, 3.05) is 19.6 Å². The zero-order valence-electron chi connectivity index (χ0n) is 14.1. The predicted molar refractivity (Wildman–Crippen MR) is 100 cm³/mol. The van der Waals surface area contributed by atoms with Gasteiger partial charge in [-0.05, 0) is 51.4 Å². The largest absolute Gasteiger partial charge is 0.449 e. The van der Waals surface area contributed by atoms with Gasteiger partial charge in [-0.1, -0.05) is 6.92 Å². The molecule has 0 spiro atoms. The number of hydrogen-bond donors (Lipinski definition) is 1. The standard InChI is InChI=1S/C17H23N3O2.2ClH/c1-3-10-20(13-6-8-18-9-7-13)17(21)16-11-14-15(22-16)5-4-12(2)19-14;;/h4-5,11,13,18H,3,6-10H2,1-2H3;2*1H. The maximum Gasteiger partial charge on any atom is 0.289 e. The highest BCUT2D eigenvalue weighted by Crippen LogP contribution is 2.22. The van der Waals surface area contributed by atoms with Gasteiger partial charge in [0.05, 0.1) is 0 Å². The third kappa shape index (κ3) is 4.41. The molecule has 0 aliphatic carbocycles. The molecule has 5 nitrogen and oxygen atoms in total. The van der Waals surface area contributed by atoms with Crippen molar-refractivity contribution in [2.24, 2.45) is 0 Å². The summed E-state index contributed by atoms with van der Waals surface area (Å²) in [5.74, 6) is 0.393. The van der Waals surface area contributed by atoms with E-state index < -0.39 is 0 Å². The minimum absolute atomic E-state index is 0. The summed E-state index contributed by atoms with van der Waals surface area (Å²) in [6, 6.07) is 5.85. The van der Waals surface area contributed by atoms with E-state index in [0.717, 1.165) is 50.1 Å². The van der Waals surface area contributed by atoms with Crippen LogP contribution in [0.25, 0.3) is 11.1 Å². The number of nitrogens with zero attached hydrogens (tertiary/aromatic N) is 2. The van der Waals surface area contributed by atoms with Gasteiger partial charge in [0.25, 0.3) is 5.91 Å². The number of fused-ring (bicyclic) bond motifs is 1. The number of furan rings is 1. The van der Waals surface area contributed by atoms with E-state index in [2.05, 4.69) is 17.2 Å². The van der Waals surface area contributed by atoms with Crippen LogP contribution in [0, 0.1) is 6.92 Å². The Bertz CT molecular complexity index is 669. The number of piperidine rings is 1. The Morgan fingerprint density at radius 2 is 2.04 bits per heavy atom. The molecule has 1 fully saturated rings. The average molecular weight is 374 g/mol. The number of hydrogen-bond acceptors (Lipinski definition) is 4. The van der Waals surface area contributed by atoms with Gasteiger partial charge in [-0.3, -0.25) is 4.79 Å². The van der Waals surface area contributed by atoms with Crippen LogP contribution in [0.2, 0.25) is 0 Å². The summed E-state index contributed by atoms with van der Waals surface area (Å²) in [4.78, 5) is 19.3. The van der Waals surface area contributed by atoms with Gasteiger partial charge in [0.15, 0.2) is 11.3 Å². The molecule has 1 amide bonds. The van der Waals surface area contributed by atoms with Gasteiger partial charge in [0.2, 0.25) is 0 Å². The van der Waals surface area contributed by atoms with E-state index in [1.54, 1.807) is 6.07 Å². The maximum atomic E-state index is 12.9. The van der Waals surface area contributed by atoms with Crippen LogP contribution in [0.15, 0.2) is 22.6 Å². The van der Waals surface area contributed by atoms with E-state index >= 15 is 0 Å². The Labute approximate surface area is 155 Å². The molecule has 0 bridgehead atoms. The van der Waals surface area contributed by atoms with Gasteiger partial charge in [-0.25, -0.2) is 4.98 Å². The van der Waals surface area contributed by atoms with Crippen molar-refractivity contribution in [2.45, 2.75) is 39.2 Å². The molecular weight excluding hydrogens is 349 g/mol. The normalized spacial score (nSPS) is 14.8. The fourth-order valence-electron chi connectivity index (χ4n) is 3.08. The lowest BCUT2D eigenvalue weighted by molar-refractivity contribution is 0.0612. The molecule has 0 radical (unpaired) electrons. The SMILES string of the molecule is CCCN(C(=O)c1cc2nc(C)ccc2o1)C1CCNCC1.Cl.Cl. The van der Waals surface area contributed by atoms with E-state index in [1.165, 1.54) is 0 Å². The minimum Gasteiger partial charge on any atom is -0.449 e. The first-order valence-corrected chi connectivity index (χ1v) is 8.08. The minimum atomic E-state index is -0.00981. The highest BCUT2D eigenvalue weighted by Gasteiger charge is 2.27. The van der Waals surface area contributed by atoms with Crippen LogP contribution in [0.5, 0.6) is 0 Å². The Morgan fingerprint density at radius 3 is 2.71 bits per heavy atom. The number of pyridine rings is 1. The lowest BCUT2D eigenvalue weighted by atomic mass is 10.0. The summed E-state index contributed by atoms with van der Waals surface area (Å²) >= 11 is 0. The lowest BCUT2D eigenvalue weighted by Crippen LogP contribution is -2.46. The van der Waals surface area contributed by atoms with Crippen molar-refractivity contribution in [1.29, 1.82) is 0 Å². The van der Waals surface area contributed by atoms with Gasteiger partial charge >= 0.3 is 0 Å². The van der Waals surface area contributed by atoms with Crippen LogP contribution in [0.4, 0.5) is 0 Å². The molecular formula is C17H25Cl2N3O2. The molecule has 0 aromatic carbocycles. The smallest absolute Gasteiger partial charge is 0.289 e. The van der Waals surface area contributed by atoms with E-state index in [-0.39, 0.29) is 30.7 Å². The molecule has 1 N–H and O–H groups in total. The summed E-state index contributed by atoms with van der Waals surface area (Å²) in [7, 11) is 0. The first-order valence-electron chi connectivity index (χ1n) is 8.08. The van der Waals surface area contributed by atoms with Crippen LogP contribution in [0.1, 0.15) is 42.4 Å². The van der Waals surface area contributed by atoms with E-state index in [4.69, 9.17) is 4.42 Å². The molecule has 0 saturated carbocycles. The Kier molecular flexibility index (Phi) is 8.00. The molecule has 2 aromatic heterocycles. The quantitative estimate of drug-likeness (QED) is 0.889. The third-order valence-electron chi connectivity index (χ3n) is 4.20. The second kappa shape index (κ2) is 9.25. The number of rotatable bonds is 4. The van der Waals surface area contributed by atoms with Gasteiger partial charge < -0.3 is 14.6 Å². The lowest BCUT2D eigenvalue weighted by Gasteiger charge is -2.34. The maximum absolute atomic E-state index is 12.9. The molecule has 0 atom stereocenters. The van der Waals surface area contributed by atoms with Gasteiger partial charge in [-0.2, -0.15) is 0 Å². The van der Waals surface area contributed by atoms with Crippen molar-refractivity contribution in [1.82, 2.24) is 15.2 Å². The van der Waals surface area contributed by atoms with Crippen molar-refractivity contribution >= 4 is 41.8 Å². The van der Waals surface area contributed by atoms with Crippen molar-refractivity contribution in [3.05, 3.63) is 29.7 Å². The Morgan fingerprint density at radius 1 is 1.33 bits per heavy atom. The topological polar surface area (TPSA) is 58.4 Å². The molecule has 3 heterocycles. The summed E-state index contributed by atoms with van der Waals surface area (Å²) < 4.78 is 5.73. The molecule has 1 aliphatic heterocycles. The fourth-order valence-corrected chi connectivity index (χ4v) is 3.08. The fraction of sp³-hybridized carbons (Fsp3) is 0.529. The van der Waals surface area contributed by atoms with Crippen molar-refractivity contribution in [3.63, 3.8) is 0 Å². The van der Waals surface area contributed by atoms with Gasteiger partial charge in [0, 0.05) is 24.3 Å². The van der Waals surface area contributed by atoms with Crippen LogP contribution in [-0.4, -0.2) is 41.5 Å². The monoisotopic (exact) mass is 373 g/mol. The van der Waals surface area contributed by atoms with Crippen LogP contribution >= 0.6 is 24.8 Å². The summed E-state index contributed by atoms with van der Waals surface area (Å²) in [6.45, 7) is 6.75. The zero-order valence-corrected chi connectivity index (χ0v) is 15.7. The second-order valence-corrected chi connectivity index (χ2v) is 5.93. The van der Waals surface area contributed by atoms with Crippen LogP contribution < -0.4 is 5.32 Å². The summed E-state index contributed by atoms with van der Waals surface area (Å²) in [6.07, 6.45) is 2.96. The Balaban J connectivity index is 0.00000144. The number of amides is 1. The molecule has 3 rings (SSSR count). The number of aryl methyl sites for hydroxylation is 1. The number of carbonyl (C=O) groups is 1. The predicted octanol–water partition coefficient (Wildman–Crippen LogP) is 3.58. The molecule has 24 heavy (non-hydrogen) atoms. The molecule has 134 valence electrons. The number of carbonyl (C=O) groups excluding carboxylic acids is 1. The van der Waals surface area contributed by atoms with E-state index in [1.807, 2.05) is 24.0 Å².